The highest BCUT2D eigenvalue weighted by molar-refractivity contribution is 6.31. The summed E-state index contributed by atoms with van der Waals surface area (Å²) < 4.78 is 25.9. The minimum atomic E-state index is -0.435. The van der Waals surface area contributed by atoms with Crippen LogP contribution in [0.4, 0.5) is 10.2 Å². The van der Waals surface area contributed by atoms with Gasteiger partial charge in [0.15, 0.2) is 11.6 Å². The van der Waals surface area contributed by atoms with E-state index < -0.39 is 5.82 Å². The van der Waals surface area contributed by atoms with Crippen molar-refractivity contribution < 1.29 is 13.7 Å². The Morgan fingerprint density at radius 1 is 1.19 bits per heavy atom. The summed E-state index contributed by atoms with van der Waals surface area (Å²) in [6, 6.07) is 4.09. The normalized spacial score (nSPS) is 23.9. The van der Waals surface area contributed by atoms with Crippen LogP contribution in [-0.4, -0.2) is 53.0 Å². The molecule has 5 rings (SSSR count). The van der Waals surface area contributed by atoms with Crippen LogP contribution >= 0.6 is 11.6 Å². The molecule has 3 atom stereocenters. The summed E-state index contributed by atoms with van der Waals surface area (Å²) in [5.74, 6) is 1.17. The van der Waals surface area contributed by atoms with Gasteiger partial charge in [-0.15, -0.1) is 0 Å². The number of piperidine rings is 1. The van der Waals surface area contributed by atoms with Crippen molar-refractivity contribution >= 4 is 28.3 Å². The average molecular weight is 460 g/mol. The van der Waals surface area contributed by atoms with Crippen LogP contribution in [0.2, 0.25) is 5.02 Å². The van der Waals surface area contributed by atoms with Crippen LogP contribution in [0.5, 0.6) is 0 Å². The van der Waals surface area contributed by atoms with Crippen molar-refractivity contribution in [1.29, 1.82) is 0 Å². The van der Waals surface area contributed by atoms with Crippen LogP contribution in [0.25, 0.3) is 22.4 Å². The lowest BCUT2D eigenvalue weighted by molar-refractivity contribution is 0.185. The number of aryl methyl sites for hydroxylation is 2. The standard InChI is InChI=1S/C23H27ClFN5O2/c1-12-8-16(27-17-5-7-31-11-17)4-6-30(12)22-20(23-26-14(3)29-32-23)13(2)18-9-15(24)10-19(25)21(18)28-22/h9-10,12,16-17,27H,4-8,11H2,1-3H3/t12-,16-,17-/m1/s1. The Bertz CT molecular complexity index is 1150. The lowest BCUT2D eigenvalue weighted by atomic mass is 9.95. The Balaban J connectivity index is 1.55. The number of aromatic nitrogens is 3. The Hall–Kier alpha value is -2.29. The van der Waals surface area contributed by atoms with Gasteiger partial charge in [0.25, 0.3) is 5.89 Å². The largest absolute Gasteiger partial charge is 0.380 e. The number of rotatable bonds is 4. The topological polar surface area (TPSA) is 76.3 Å². The summed E-state index contributed by atoms with van der Waals surface area (Å²) in [6.45, 7) is 8.29. The van der Waals surface area contributed by atoms with Crippen molar-refractivity contribution in [1.82, 2.24) is 20.4 Å². The number of anilines is 1. The van der Waals surface area contributed by atoms with E-state index in [-0.39, 0.29) is 6.04 Å². The number of benzene rings is 1. The average Bonchev–Trinajstić information content (AvgIpc) is 3.40. The quantitative estimate of drug-likeness (QED) is 0.618. The molecule has 2 aliphatic rings. The van der Waals surface area contributed by atoms with Gasteiger partial charge in [0, 0.05) is 41.7 Å². The molecule has 170 valence electrons. The van der Waals surface area contributed by atoms with E-state index in [1.807, 2.05) is 6.92 Å². The minimum absolute atomic E-state index is 0.200. The van der Waals surface area contributed by atoms with E-state index in [9.17, 15) is 4.39 Å². The second kappa shape index (κ2) is 8.57. The second-order valence-electron chi connectivity index (χ2n) is 8.86. The van der Waals surface area contributed by atoms with Crippen molar-refractivity contribution in [3.63, 3.8) is 0 Å². The van der Waals surface area contributed by atoms with E-state index >= 15 is 0 Å². The number of ether oxygens (including phenoxy) is 1. The Morgan fingerprint density at radius 2 is 2.03 bits per heavy atom. The monoisotopic (exact) mass is 459 g/mol. The molecule has 0 saturated carbocycles. The van der Waals surface area contributed by atoms with E-state index in [0.717, 1.165) is 50.1 Å². The Labute approximate surface area is 191 Å². The van der Waals surface area contributed by atoms with E-state index in [0.29, 0.717) is 45.5 Å². The molecule has 0 bridgehead atoms. The van der Waals surface area contributed by atoms with Gasteiger partial charge < -0.3 is 19.5 Å². The van der Waals surface area contributed by atoms with Gasteiger partial charge in [-0.25, -0.2) is 9.37 Å². The number of fused-ring (bicyclic) bond motifs is 1. The number of pyridine rings is 1. The fraction of sp³-hybridized carbons (Fsp3) is 0.522. The zero-order valence-corrected chi connectivity index (χ0v) is 19.2. The lowest BCUT2D eigenvalue weighted by Gasteiger charge is -2.40. The van der Waals surface area contributed by atoms with Gasteiger partial charge in [0.05, 0.1) is 12.2 Å². The molecule has 4 heterocycles. The molecule has 3 aromatic rings. The van der Waals surface area contributed by atoms with Crippen LogP contribution in [0, 0.1) is 19.7 Å². The van der Waals surface area contributed by atoms with Crippen LogP contribution in [0.1, 0.15) is 37.6 Å². The van der Waals surface area contributed by atoms with E-state index in [2.05, 4.69) is 27.3 Å². The highest BCUT2D eigenvalue weighted by atomic mass is 35.5. The predicted molar refractivity (Wildman–Crippen MR) is 122 cm³/mol. The zero-order valence-electron chi connectivity index (χ0n) is 18.5. The van der Waals surface area contributed by atoms with E-state index in [4.69, 9.17) is 25.8 Å². The third-order valence-corrected chi connectivity index (χ3v) is 6.76. The van der Waals surface area contributed by atoms with Crippen LogP contribution < -0.4 is 10.2 Å². The van der Waals surface area contributed by atoms with Gasteiger partial charge >= 0.3 is 0 Å². The molecule has 2 fully saturated rings. The summed E-state index contributed by atoms with van der Waals surface area (Å²) in [5, 5.41) is 8.69. The molecule has 7 nitrogen and oxygen atoms in total. The van der Waals surface area contributed by atoms with E-state index in [1.165, 1.54) is 6.07 Å². The van der Waals surface area contributed by atoms with Gasteiger partial charge in [-0.05, 0) is 57.7 Å². The third kappa shape index (κ3) is 3.95. The number of nitrogens with zero attached hydrogens (tertiary/aromatic N) is 4. The molecule has 2 saturated heterocycles. The molecule has 32 heavy (non-hydrogen) atoms. The molecule has 2 aromatic heterocycles. The first kappa shape index (κ1) is 21.6. The Morgan fingerprint density at radius 3 is 2.72 bits per heavy atom. The third-order valence-electron chi connectivity index (χ3n) is 6.54. The lowest BCUT2D eigenvalue weighted by Crippen LogP contribution is -2.50. The predicted octanol–water partition coefficient (Wildman–Crippen LogP) is 4.43. The molecule has 0 amide bonds. The van der Waals surface area contributed by atoms with Crippen LogP contribution in [0.3, 0.4) is 0 Å². The maximum atomic E-state index is 14.9. The van der Waals surface area contributed by atoms with Crippen molar-refractivity contribution in [2.24, 2.45) is 0 Å². The molecular formula is C23H27ClFN5O2. The van der Waals surface area contributed by atoms with Crippen LogP contribution in [-0.2, 0) is 4.74 Å². The van der Waals surface area contributed by atoms with Gasteiger partial charge in [0.2, 0.25) is 0 Å². The summed E-state index contributed by atoms with van der Waals surface area (Å²) in [4.78, 5) is 11.5. The second-order valence-corrected chi connectivity index (χ2v) is 9.29. The van der Waals surface area contributed by atoms with Crippen molar-refractivity contribution in [2.45, 2.75) is 58.2 Å². The molecule has 9 heteroatoms. The highest BCUT2D eigenvalue weighted by Gasteiger charge is 2.32. The molecule has 0 unspecified atom stereocenters. The molecule has 2 aliphatic heterocycles. The first-order valence-electron chi connectivity index (χ1n) is 11.1. The van der Waals surface area contributed by atoms with E-state index in [1.54, 1.807) is 13.0 Å². The fourth-order valence-electron chi connectivity index (χ4n) is 4.93. The molecular weight excluding hydrogens is 433 g/mol. The molecule has 0 spiro atoms. The van der Waals surface area contributed by atoms with Gasteiger partial charge in [-0.3, -0.25) is 0 Å². The van der Waals surface area contributed by atoms with Gasteiger partial charge in [-0.1, -0.05) is 16.8 Å². The summed E-state index contributed by atoms with van der Waals surface area (Å²) >= 11 is 6.15. The van der Waals surface area contributed by atoms with Crippen molar-refractivity contribution in [3.8, 4) is 11.5 Å². The number of hydrogen-bond donors (Lipinski definition) is 1. The first-order valence-corrected chi connectivity index (χ1v) is 11.5. The van der Waals surface area contributed by atoms with Gasteiger partial charge in [-0.2, -0.15) is 4.98 Å². The maximum absolute atomic E-state index is 14.9. The summed E-state index contributed by atoms with van der Waals surface area (Å²) in [7, 11) is 0. The number of nitrogens with one attached hydrogen (secondary N) is 1. The summed E-state index contributed by atoms with van der Waals surface area (Å²) in [5.41, 5.74) is 1.87. The molecule has 0 radical (unpaired) electrons. The smallest absolute Gasteiger partial charge is 0.261 e. The fourth-order valence-corrected chi connectivity index (χ4v) is 5.13. The molecule has 1 N–H and O–H groups in total. The van der Waals surface area contributed by atoms with Crippen molar-refractivity contribution in [3.05, 3.63) is 34.4 Å². The number of halogens is 2. The maximum Gasteiger partial charge on any atom is 0.261 e. The Kier molecular flexibility index (Phi) is 5.77. The van der Waals surface area contributed by atoms with Gasteiger partial charge in [0.1, 0.15) is 11.3 Å². The SMILES string of the molecule is Cc1noc(-c2c(N3CC[C@@H](N[C@@H]4CCOC4)C[C@H]3C)nc3c(F)cc(Cl)cc3c2C)n1. The van der Waals surface area contributed by atoms with Crippen LogP contribution in [0.15, 0.2) is 16.7 Å². The zero-order chi connectivity index (χ0) is 22.4. The molecule has 0 aliphatic carbocycles. The molecule has 1 aromatic carbocycles. The first-order chi connectivity index (χ1) is 15.4. The minimum Gasteiger partial charge on any atom is -0.380 e. The highest BCUT2D eigenvalue weighted by Crippen LogP contribution is 2.39. The van der Waals surface area contributed by atoms with Crippen molar-refractivity contribution in [2.75, 3.05) is 24.7 Å². The summed E-state index contributed by atoms with van der Waals surface area (Å²) in [6.07, 6.45) is 2.98. The number of hydrogen-bond acceptors (Lipinski definition) is 7.